The fraction of sp³-hybridized carbons (Fsp3) is 0.238. The SMILES string of the molecule is CCOc1ccccc1NCC(=O)Nc1c(C)nn(-c2ccccc2)c1C. The summed E-state index contributed by atoms with van der Waals surface area (Å²) < 4.78 is 7.41. The van der Waals surface area contributed by atoms with Crippen molar-refractivity contribution >= 4 is 17.3 Å². The first kappa shape index (κ1) is 18.5. The van der Waals surface area contributed by atoms with Gasteiger partial charge in [0, 0.05) is 0 Å². The van der Waals surface area contributed by atoms with Crippen molar-refractivity contribution in [3.63, 3.8) is 0 Å². The average molecular weight is 364 g/mol. The molecule has 0 aliphatic carbocycles. The first-order chi connectivity index (χ1) is 13.1. The molecule has 6 nitrogen and oxygen atoms in total. The predicted octanol–water partition coefficient (Wildman–Crippen LogP) is 3.94. The molecule has 1 amide bonds. The van der Waals surface area contributed by atoms with Gasteiger partial charge in [-0.25, -0.2) is 4.68 Å². The van der Waals surface area contributed by atoms with Crippen molar-refractivity contribution in [1.29, 1.82) is 0 Å². The minimum absolute atomic E-state index is 0.138. The standard InChI is InChI=1S/C21H24N4O2/c1-4-27-19-13-9-8-12-18(19)22-14-20(26)23-21-15(2)24-25(16(21)3)17-10-6-5-7-11-17/h5-13,22H,4,14H2,1-3H3,(H,23,26). The zero-order valence-corrected chi connectivity index (χ0v) is 15.8. The molecule has 3 aromatic rings. The Morgan fingerprint density at radius 1 is 1.07 bits per heavy atom. The van der Waals surface area contributed by atoms with Gasteiger partial charge in [0.15, 0.2) is 0 Å². The average Bonchev–Trinajstić information content (AvgIpc) is 2.96. The molecule has 140 valence electrons. The largest absolute Gasteiger partial charge is 0.492 e. The topological polar surface area (TPSA) is 68.2 Å². The van der Waals surface area contributed by atoms with E-state index in [1.165, 1.54) is 0 Å². The summed E-state index contributed by atoms with van der Waals surface area (Å²) >= 11 is 0. The van der Waals surface area contributed by atoms with Gasteiger partial charge >= 0.3 is 0 Å². The van der Waals surface area contributed by atoms with Crippen LogP contribution < -0.4 is 15.4 Å². The third-order valence-electron chi connectivity index (χ3n) is 4.18. The summed E-state index contributed by atoms with van der Waals surface area (Å²) in [6.07, 6.45) is 0. The molecule has 1 aromatic heterocycles. The summed E-state index contributed by atoms with van der Waals surface area (Å²) in [7, 11) is 0. The fourth-order valence-corrected chi connectivity index (χ4v) is 2.90. The molecular weight excluding hydrogens is 340 g/mol. The third-order valence-corrected chi connectivity index (χ3v) is 4.18. The van der Waals surface area contributed by atoms with Gasteiger partial charge in [0.1, 0.15) is 5.75 Å². The number of amides is 1. The lowest BCUT2D eigenvalue weighted by molar-refractivity contribution is -0.114. The van der Waals surface area contributed by atoms with Gasteiger partial charge in [-0.1, -0.05) is 30.3 Å². The number of nitrogens with one attached hydrogen (secondary N) is 2. The van der Waals surface area contributed by atoms with E-state index in [0.717, 1.165) is 34.2 Å². The van der Waals surface area contributed by atoms with Gasteiger partial charge < -0.3 is 15.4 Å². The number of nitrogens with zero attached hydrogens (tertiary/aromatic N) is 2. The smallest absolute Gasteiger partial charge is 0.243 e. The van der Waals surface area contributed by atoms with E-state index in [1.54, 1.807) is 0 Å². The first-order valence-electron chi connectivity index (χ1n) is 8.97. The predicted molar refractivity (Wildman–Crippen MR) is 108 cm³/mol. The number of benzene rings is 2. The van der Waals surface area contributed by atoms with Gasteiger partial charge in [-0.2, -0.15) is 5.10 Å². The highest BCUT2D eigenvalue weighted by molar-refractivity contribution is 5.95. The minimum atomic E-state index is -0.139. The van der Waals surface area contributed by atoms with Crippen LogP contribution in [0.5, 0.6) is 5.75 Å². The van der Waals surface area contributed by atoms with Gasteiger partial charge in [0.25, 0.3) is 0 Å². The number of ether oxygens (including phenoxy) is 1. The molecule has 0 bridgehead atoms. The number of para-hydroxylation sites is 3. The van der Waals surface area contributed by atoms with Crippen molar-refractivity contribution in [2.24, 2.45) is 0 Å². The van der Waals surface area contributed by atoms with E-state index < -0.39 is 0 Å². The maximum absolute atomic E-state index is 12.5. The van der Waals surface area contributed by atoms with Gasteiger partial charge in [-0.15, -0.1) is 0 Å². The second-order valence-electron chi connectivity index (χ2n) is 6.12. The molecule has 0 fully saturated rings. The lowest BCUT2D eigenvalue weighted by Crippen LogP contribution is -2.22. The zero-order chi connectivity index (χ0) is 19.2. The van der Waals surface area contributed by atoms with E-state index in [-0.39, 0.29) is 12.5 Å². The van der Waals surface area contributed by atoms with Crippen LogP contribution in [0.2, 0.25) is 0 Å². The number of carbonyl (C=O) groups is 1. The maximum Gasteiger partial charge on any atom is 0.243 e. The molecule has 3 rings (SSSR count). The molecule has 0 radical (unpaired) electrons. The van der Waals surface area contributed by atoms with Crippen LogP contribution in [0.25, 0.3) is 5.69 Å². The summed E-state index contributed by atoms with van der Waals surface area (Å²) in [6, 6.07) is 17.4. The quantitative estimate of drug-likeness (QED) is 0.666. The van der Waals surface area contributed by atoms with Gasteiger partial charge in [-0.05, 0) is 45.0 Å². The van der Waals surface area contributed by atoms with Crippen LogP contribution in [0.1, 0.15) is 18.3 Å². The van der Waals surface area contributed by atoms with Crippen LogP contribution >= 0.6 is 0 Å². The summed E-state index contributed by atoms with van der Waals surface area (Å²) in [5.74, 6) is 0.595. The third kappa shape index (κ3) is 4.28. The highest BCUT2D eigenvalue weighted by Gasteiger charge is 2.15. The Balaban J connectivity index is 1.69. The Morgan fingerprint density at radius 2 is 1.78 bits per heavy atom. The molecule has 2 aromatic carbocycles. The Kier molecular flexibility index (Phi) is 5.76. The van der Waals surface area contributed by atoms with E-state index in [9.17, 15) is 4.79 Å². The van der Waals surface area contributed by atoms with Crippen LogP contribution in [0, 0.1) is 13.8 Å². The number of rotatable bonds is 7. The van der Waals surface area contributed by atoms with E-state index in [1.807, 2.05) is 80.1 Å². The van der Waals surface area contributed by atoms with Crippen LogP contribution in [0.3, 0.4) is 0 Å². The summed E-state index contributed by atoms with van der Waals surface area (Å²) in [5, 5.41) is 10.6. The van der Waals surface area contributed by atoms with Gasteiger partial charge in [-0.3, -0.25) is 4.79 Å². The van der Waals surface area contributed by atoms with Crippen LogP contribution in [0.15, 0.2) is 54.6 Å². The second kappa shape index (κ2) is 8.40. The van der Waals surface area contributed by atoms with Crippen molar-refractivity contribution < 1.29 is 9.53 Å². The monoisotopic (exact) mass is 364 g/mol. The van der Waals surface area contributed by atoms with Crippen molar-refractivity contribution in [3.8, 4) is 11.4 Å². The molecule has 0 aliphatic heterocycles. The highest BCUT2D eigenvalue weighted by atomic mass is 16.5. The number of hydrogen-bond acceptors (Lipinski definition) is 4. The molecule has 0 saturated carbocycles. The van der Waals surface area contributed by atoms with Crippen LogP contribution in [-0.2, 0) is 4.79 Å². The molecule has 6 heteroatoms. The number of hydrogen-bond donors (Lipinski definition) is 2. The van der Waals surface area contributed by atoms with Crippen molar-refractivity contribution in [2.75, 3.05) is 23.8 Å². The van der Waals surface area contributed by atoms with Crippen molar-refractivity contribution in [2.45, 2.75) is 20.8 Å². The number of aromatic nitrogens is 2. The molecular formula is C21H24N4O2. The second-order valence-corrected chi connectivity index (χ2v) is 6.12. The van der Waals surface area contributed by atoms with Crippen molar-refractivity contribution in [3.05, 3.63) is 66.0 Å². The summed E-state index contributed by atoms with van der Waals surface area (Å²) in [5.41, 5.74) is 4.16. The Labute approximate surface area is 159 Å². The zero-order valence-electron chi connectivity index (χ0n) is 15.8. The summed E-state index contributed by atoms with van der Waals surface area (Å²) in [6.45, 7) is 6.47. The molecule has 0 atom stereocenters. The molecule has 0 spiro atoms. The molecule has 1 heterocycles. The Hall–Kier alpha value is -3.28. The van der Waals surface area contributed by atoms with Crippen LogP contribution in [-0.4, -0.2) is 28.8 Å². The minimum Gasteiger partial charge on any atom is -0.492 e. The number of anilines is 2. The first-order valence-corrected chi connectivity index (χ1v) is 8.97. The van der Waals surface area contributed by atoms with E-state index in [2.05, 4.69) is 15.7 Å². The molecule has 0 aliphatic rings. The normalized spacial score (nSPS) is 10.5. The molecule has 0 saturated heterocycles. The van der Waals surface area contributed by atoms with Crippen molar-refractivity contribution in [1.82, 2.24) is 9.78 Å². The molecule has 0 unspecified atom stereocenters. The van der Waals surface area contributed by atoms with Crippen LogP contribution in [0.4, 0.5) is 11.4 Å². The van der Waals surface area contributed by atoms with Gasteiger partial charge in [0.05, 0.1) is 41.6 Å². The van der Waals surface area contributed by atoms with E-state index >= 15 is 0 Å². The fourth-order valence-electron chi connectivity index (χ4n) is 2.90. The Morgan fingerprint density at radius 3 is 2.52 bits per heavy atom. The maximum atomic E-state index is 12.5. The lowest BCUT2D eigenvalue weighted by atomic mass is 10.2. The van der Waals surface area contributed by atoms with E-state index in [4.69, 9.17) is 4.74 Å². The molecule has 27 heavy (non-hydrogen) atoms. The number of aryl methyl sites for hydroxylation is 1. The molecule has 2 N–H and O–H groups in total. The van der Waals surface area contributed by atoms with Gasteiger partial charge in [0.2, 0.25) is 5.91 Å². The summed E-state index contributed by atoms with van der Waals surface area (Å²) in [4.78, 5) is 12.5. The Bertz CT molecular complexity index is 919. The number of carbonyl (C=O) groups excluding carboxylic acids is 1. The van der Waals surface area contributed by atoms with E-state index in [0.29, 0.717) is 6.61 Å². The highest BCUT2D eigenvalue weighted by Crippen LogP contribution is 2.24. The lowest BCUT2D eigenvalue weighted by Gasteiger charge is -2.12.